The van der Waals surface area contributed by atoms with E-state index >= 15 is 0 Å². The molecule has 0 radical (unpaired) electrons. The largest absolute Gasteiger partial charge is 0.367 e. The first-order chi connectivity index (χ1) is 10.2. The van der Waals surface area contributed by atoms with E-state index in [1.165, 1.54) is 0 Å². The number of nitrogens with one attached hydrogen (secondary N) is 3. The van der Waals surface area contributed by atoms with Crippen LogP contribution in [0.5, 0.6) is 0 Å². The molecule has 21 heavy (non-hydrogen) atoms. The molecule has 0 aliphatic rings. The standard InChI is InChI=1S/C12H18N8O/c1-9(11-19-17-8-20(11)2)18-12(21)16-6-5-15-10-7-13-3-4-14-10/h3-4,7-9H,5-6H2,1-2H3,(H,14,15)(H2,16,18,21)/t9-/m1/s1. The second kappa shape index (κ2) is 7.17. The fourth-order valence-corrected chi connectivity index (χ4v) is 1.75. The zero-order valence-electron chi connectivity index (χ0n) is 11.9. The van der Waals surface area contributed by atoms with Gasteiger partial charge < -0.3 is 20.5 Å². The van der Waals surface area contributed by atoms with E-state index in [-0.39, 0.29) is 12.1 Å². The molecule has 0 saturated heterocycles. The summed E-state index contributed by atoms with van der Waals surface area (Å²) in [6.07, 6.45) is 6.42. The van der Waals surface area contributed by atoms with Crippen molar-refractivity contribution in [2.75, 3.05) is 18.4 Å². The molecule has 0 bridgehead atoms. The first-order valence-corrected chi connectivity index (χ1v) is 6.55. The van der Waals surface area contributed by atoms with Crippen molar-refractivity contribution in [2.45, 2.75) is 13.0 Å². The molecule has 112 valence electrons. The second-order valence-corrected chi connectivity index (χ2v) is 4.44. The third-order valence-electron chi connectivity index (χ3n) is 2.76. The van der Waals surface area contributed by atoms with Crippen LogP contribution in [0.3, 0.4) is 0 Å². The number of aryl methyl sites for hydroxylation is 1. The van der Waals surface area contributed by atoms with Crippen LogP contribution in [0.2, 0.25) is 0 Å². The van der Waals surface area contributed by atoms with Gasteiger partial charge in [-0.3, -0.25) is 4.98 Å². The van der Waals surface area contributed by atoms with E-state index in [4.69, 9.17) is 0 Å². The van der Waals surface area contributed by atoms with Crippen molar-refractivity contribution in [1.29, 1.82) is 0 Å². The Kier molecular flexibility index (Phi) is 5.02. The molecule has 0 aliphatic heterocycles. The molecule has 0 spiro atoms. The van der Waals surface area contributed by atoms with Crippen LogP contribution in [-0.2, 0) is 7.05 Å². The Morgan fingerprint density at radius 3 is 2.90 bits per heavy atom. The first-order valence-electron chi connectivity index (χ1n) is 6.55. The monoisotopic (exact) mass is 290 g/mol. The number of hydrogen-bond donors (Lipinski definition) is 3. The van der Waals surface area contributed by atoms with Crippen molar-refractivity contribution in [3.05, 3.63) is 30.7 Å². The highest BCUT2D eigenvalue weighted by atomic mass is 16.2. The van der Waals surface area contributed by atoms with Gasteiger partial charge in [0.1, 0.15) is 12.1 Å². The van der Waals surface area contributed by atoms with E-state index in [1.54, 1.807) is 29.5 Å². The predicted octanol–water partition coefficient (Wildman–Crippen LogP) is 0.0774. The van der Waals surface area contributed by atoms with Gasteiger partial charge in [-0.05, 0) is 6.92 Å². The van der Waals surface area contributed by atoms with Gasteiger partial charge in [-0.15, -0.1) is 10.2 Å². The topological polar surface area (TPSA) is 110 Å². The number of aromatic nitrogens is 5. The summed E-state index contributed by atoms with van der Waals surface area (Å²) in [5, 5.41) is 16.3. The van der Waals surface area contributed by atoms with Crippen molar-refractivity contribution in [1.82, 2.24) is 35.4 Å². The number of carbonyl (C=O) groups excluding carboxylic acids is 1. The Labute approximate surface area is 122 Å². The second-order valence-electron chi connectivity index (χ2n) is 4.44. The summed E-state index contributed by atoms with van der Waals surface area (Å²) in [6, 6.07) is -0.475. The maximum Gasteiger partial charge on any atom is 0.315 e. The average Bonchev–Trinajstić information content (AvgIpc) is 2.91. The zero-order valence-corrected chi connectivity index (χ0v) is 11.9. The van der Waals surface area contributed by atoms with E-state index in [0.29, 0.717) is 24.7 Å². The molecule has 2 heterocycles. The summed E-state index contributed by atoms with van der Waals surface area (Å²) in [5.74, 6) is 1.37. The number of hydrogen-bond acceptors (Lipinski definition) is 6. The van der Waals surface area contributed by atoms with Gasteiger partial charge >= 0.3 is 6.03 Å². The molecule has 9 nitrogen and oxygen atoms in total. The van der Waals surface area contributed by atoms with Crippen LogP contribution >= 0.6 is 0 Å². The maximum atomic E-state index is 11.7. The van der Waals surface area contributed by atoms with Crippen molar-refractivity contribution in [3.8, 4) is 0 Å². The molecule has 2 aromatic heterocycles. The van der Waals surface area contributed by atoms with Gasteiger partial charge in [0.05, 0.1) is 12.2 Å². The number of rotatable bonds is 6. The van der Waals surface area contributed by atoms with Gasteiger partial charge in [-0.25, -0.2) is 9.78 Å². The highest BCUT2D eigenvalue weighted by molar-refractivity contribution is 5.74. The Bertz CT molecular complexity index is 570. The summed E-state index contributed by atoms with van der Waals surface area (Å²) < 4.78 is 1.76. The van der Waals surface area contributed by atoms with Crippen LogP contribution in [0.25, 0.3) is 0 Å². The van der Waals surface area contributed by atoms with E-state index < -0.39 is 0 Å². The van der Waals surface area contributed by atoms with Crippen LogP contribution < -0.4 is 16.0 Å². The number of anilines is 1. The molecule has 2 rings (SSSR count). The van der Waals surface area contributed by atoms with Crippen molar-refractivity contribution < 1.29 is 4.79 Å². The normalized spacial score (nSPS) is 11.7. The van der Waals surface area contributed by atoms with Gasteiger partial charge in [0.25, 0.3) is 0 Å². The van der Waals surface area contributed by atoms with Gasteiger partial charge in [0.15, 0.2) is 5.82 Å². The highest BCUT2D eigenvalue weighted by Gasteiger charge is 2.13. The highest BCUT2D eigenvalue weighted by Crippen LogP contribution is 2.06. The molecular formula is C12H18N8O. The lowest BCUT2D eigenvalue weighted by molar-refractivity contribution is 0.237. The zero-order chi connectivity index (χ0) is 15.1. The van der Waals surface area contributed by atoms with Crippen LogP contribution in [0.15, 0.2) is 24.9 Å². The van der Waals surface area contributed by atoms with E-state index in [0.717, 1.165) is 0 Å². The van der Waals surface area contributed by atoms with Crippen molar-refractivity contribution in [3.63, 3.8) is 0 Å². The predicted molar refractivity (Wildman–Crippen MR) is 76.5 cm³/mol. The Morgan fingerprint density at radius 1 is 1.38 bits per heavy atom. The fourth-order valence-electron chi connectivity index (χ4n) is 1.75. The molecule has 9 heteroatoms. The molecule has 3 N–H and O–H groups in total. The number of carbonyl (C=O) groups is 1. The smallest absolute Gasteiger partial charge is 0.315 e. The molecule has 1 atom stereocenters. The van der Waals surface area contributed by atoms with Gasteiger partial charge in [0.2, 0.25) is 0 Å². The molecule has 0 saturated carbocycles. The minimum absolute atomic E-state index is 0.217. The summed E-state index contributed by atoms with van der Waals surface area (Å²) in [7, 11) is 1.83. The summed E-state index contributed by atoms with van der Waals surface area (Å²) in [6.45, 7) is 2.87. The fraction of sp³-hybridized carbons (Fsp3) is 0.417. The van der Waals surface area contributed by atoms with Crippen LogP contribution in [0, 0.1) is 0 Å². The lowest BCUT2D eigenvalue weighted by atomic mass is 10.3. The summed E-state index contributed by atoms with van der Waals surface area (Å²) in [4.78, 5) is 19.7. The Hall–Kier alpha value is -2.71. The van der Waals surface area contributed by atoms with Gasteiger partial charge in [0, 0.05) is 32.5 Å². The average molecular weight is 290 g/mol. The Morgan fingerprint density at radius 2 is 2.24 bits per heavy atom. The van der Waals surface area contributed by atoms with Crippen molar-refractivity contribution >= 4 is 11.8 Å². The van der Waals surface area contributed by atoms with E-state index in [9.17, 15) is 4.79 Å². The summed E-state index contributed by atoms with van der Waals surface area (Å²) in [5.41, 5.74) is 0. The van der Waals surface area contributed by atoms with E-state index in [2.05, 4.69) is 36.1 Å². The molecule has 2 aromatic rings. The molecule has 0 fully saturated rings. The first kappa shape index (κ1) is 14.7. The number of nitrogens with zero attached hydrogens (tertiary/aromatic N) is 5. The lowest BCUT2D eigenvalue weighted by Crippen LogP contribution is -2.39. The minimum Gasteiger partial charge on any atom is -0.367 e. The van der Waals surface area contributed by atoms with E-state index in [1.807, 2.05) is 14.0 Å². The third-order valence-corrected chi connectivity index (χ3v) is 2.76. The van der Waals surface area contributed by atoms with Crippen LogP contribution in [0.1, 0.15) is 18.8 Å². The van der Waals surface area contributed by atoms with Crippen molar-refractivity contribution in [2.24, 2.45) is 7.05 Å². The Balaban J connectivity index is 1.67. The number of amides is 2. The molecular weight excluding hydrogens is 272 g/mol. The minimum atomic E-state index is -0.258. The molecule has 0 aromatic carbocycles. The number of urea groups is 1. The van der Waals surface area contributed by atoms with Gasteiger partial charge in [-0.1, -0.05) is 0 Å². The molecule has 2 amide bonds. The molecule has 0 unspecified atom stereocenters. The van der Waals surface area contributed by atoms with Crippen LogP contribution in [0.4, 0.5) is 10.6 Å². The quantitative estimate of drug-likeness (QED) is 0.650. The van der Waals surface area contributed by atoms with Gasteiger partial charge in [-0.2, -0.15) is 0 Å². The molecule has 0 aliphatic carbocycles. The van der Waals surface area contributed by atoms with Crippen LogP contribution in [-0.4, -0.2) is 43.9 Å². The summed E-state index contributed by atoms with van der Waals surface area (Å²) >= 11 is 0. The lowest BCUT2D eigenvalue weighted by Gasteiger charge is -2.14. The maximum absolute atomic E-state index is 11.7. The SMILES string of the molecule is C[C@@H](NC(=O)NCCNc1cnccn1)c1nncn1C. The third kappa shape index (κ3) is 4.41.